The number of carboxylic acid groups (broad SMARTS) is 1. The zero-order valence-corrected chi connectivity index (χ0v) is 6.04. The van der Waals surface area contributed by atoms with Gasteiger partial charge in [0.05, 0.1) is 6.61 Å². The molecule has 0 aliphatic heterocycles. The number of rotatable bonds is 5. The first-order chi connectivity index (χ1) is 4.68. The summed E-state index contributed by atoms with van der Waals surface area (Å²) in [7, 11) is 0. The first-order valence-electron chi connectivity index (χ1n) is 3.13. The van der Waals surface area contributed by atoms with E-state index < -0.39 is 12.1 Å². The van der Waals surface area contributed by atoms with E-state index in [9.17, 15) is 4.79 Å². The van der Waals surface area contributed by atoms with Crippen molar-refractivity contribution < 1.29 is 14.6 Å². The lowest BCUT2D eigenvalue weighted by atomic mass is 10.4. The Balaban J connectivity index is 3.30. The first kappa shape index (κ1) is 9.17. The zero-order valence-electron chi connectivity index (χ0n) is 6.04. The van der Waals surface area contributed by atoms with E-state index in [2.05, 4.69) is 6.58 Å². The summed E-state index contributed by atoms with van der Waals surface area (Å²) in [5, 5.41) is 8.33. The predicted molar refractivity (Wildman–Crippen MR) is 37.9 cm³/mol. The molecule has 0 bridgehead atoms. The highest BCUT2D eigenvalue weighted by atomic mass is 16.5. The molecule has 0 aromatic rings. The Morgan fingerprint density at radius 3 is 2.90 bits per heavy atom. The standard InChI is InChI=1S/C7H12O3/c1-3-4-5-10-6(2)7(8)9/h3,6H,1,4-5H2,2H3,(H,8,9). The summed E-state index contributed by atoms with van der Waals surface area (Å²) < 4.78 is 4.87. The van der Waals surface area contributed by atoms with Gasteiger partial charge in [0.15, 0.2) is 6.10 Å². The average molecular weight is 144 g/mol. The highest BCUT2D eigenvalue weighted by molar-refractivity contribution is 5.71. The van der Waals surface area contributed by atoms with E-state index >= 15 is 0 Å². The van der Waals surface area contributed by atoms with Gasteiger partial charge in [0.2, 0.25) is 0 Å². The van der Waals surface area contributed by atoms with Gasteiger partial charge in [-0.05, 0) is 13.3 Å². The molecule has 0 aliphatic carbocycles. The van der Waals surface area contributed by atoms with Crippen LogP contribution in [-0.2, 0) is 9.53 Å². The molecule has 58 valence electrons. The molecule has 10 heavy (non-hydrogen) atoms. The van der Waals surface area contributed by atoms with Gasteiger partial charge in [-0.15, -0.1) is 6.58 Å². The molecular weight excluding hydrogens is 132 g/mol. The lowest BCUT2D eigenvalue weighted by Crippen LogP contribution is -2.20. The lowest BCUT2D eigenvalue weighted by molar-refractivity contribution is -0.149. The monoisotopic (exact) mass is 144 g/mol. The second kappa shape index (κ2) is 4.99. The van der Waals surface area contributed by atoms with Gasteiger partial charge in [-0.2, -0.15) is 0 Å². The van der Waals surface area contributed by atoms with E-state index in [0.29, 0.717) is 13.0 Å². The molecule has 0 rings (SSSR count). The van der Waals surface area contributed by atoms with Gasteiger partial charge in [-0.1, -0.05) is 6.08 Å². The van der Waals surface area contributed by atoms with Crippen LogP contribution >= 0.6 is 0 Å². The van der Waals surface area contributed by atoms with Crippen molar-refractivity contribution >= 4 is 5.97 Å². The van der Waals surface area contributed by atoms with Crippen molar-refractivity contribution in [2.24, 2.45) is 0 Å². The smallest absolute Gasteiger partial charge is 0.332 e. The Morgan fingerprint density at radius 1 is 1.90 bits per heavy atom. The second-order valence-electron chi connectivity index (χ2n) is 1.93. The number of carbonyl (C=O) groups is 1. The van der Waals surface area contributed by atoms with E-state index in [1.165, 1.54) is 6.92 Å². The van der Waals surface area contributed by atoms with Gasteiger partial charge in [0.25, 0.3) is 0 Å². The third kappa shape index (κ3) is 4.09. The molecule has 0 heterocycles. The van der Waals surface area contributed by atoms with Crippen molar-refractivity contribution in [1.82, 2.24) is 0 Å². The topological polar surface area (TPSA) is 46.5 Å². The molecule has 0 saturated heterocycles. The fraction of sp³-hybridized carbons (Fsp3) is 0.571. The summed E-state index contributed by atoms with van der Waals surface area (Å²) in [4.78, 5) is 10.1. The van der Waals surface area contributed by atoms with Crippen LogP contribution < -0.4 is 0 Å². The minimum atomic E-state index is -0.927. The number of hydrogen-bond donors (Lipinski definition) is 1. The van der Waals surface area contributed by atoms with Crippen LogP contribution in [0, 0.1) is 0 Å². The third-order valence-corrected chi connectivity index (χ3v) is 1.04. The SMILES string of the molecule is C=CCCOC(C)C(=O)O. The number of hydrogen-bond acceptors (Lipinski definition) is 2. The Hall–Kier alpha value is -0.830. The van der Waals surface area contributed by atoms with E-state index in [4.69, 9.17) is 9.84 Å². The van der Waals surface area contributed by atoms with Crippen molar-refractivity contribution in [2.75, 3.05) is 6.61 Å². The van der Waals surface area contributed by atoms with Crippen LogP contribution in [0.2, 0.25) is 0 Å². The maximum Gasteiger partial charge on any atom is 0.332 e. The zero-order chi connectivity index (χ0) is 7.98. The minimum absolute atomic E-state index is 0.428. The van der Waals surface area contributed by atoms with Crippen LogP contribution in [0.5, 0.6) is 0 Å². The lowest BCUT2D eigenvalue weighted by Gasteiger charge is -2.05. The molecule has 0 radical (unpaired) electrons. The van der Waals surface area contributed by atoms with Crippen molar-refractivity contribution in [1.29, 1.82) is 0 Å². The normalized spacial score (nSPS) is 12.5. The molecule has 1 unspecified atom stereocenters. The van der Waals surface area contributed by atoms with Crippen LogP contribution in [0.3, 0.4) is 0 Å². The van der Waals surface area contributed by atoms with Gasteiger partial charge in [0.1, 0.15) is 0 Å². The maximum atomic E-state index is 10.1. The van der Waals surface area contributed by atoms with Crippen molar-refractivity contribution in [3.05, 3.63) is 12.7 Å². The van der Waals surface area contributed by atoms with Gasteiger partial charge in [-0.3, -0.25) is 0 Å². The number of aliphatic carboxylic acids is 1. The summed E-state index contributed by atoms with van der Waals surface area (Å²) in [6.45, 7) is 5.41. The highest BCUT2D eigenvalue weighted by Gasteiger charge is 2.08. The van der Waals surface area contributed by atoms with Crippen LogP contribution in [0.25, 0.3) is 0 Å². The van der Waals surface area contributed by atoms with Crippen molar-refractivity contribution in [3.8, 4) is 0 Å². The van der Waals surface area contributed by atoms with Gasteiger partial charge < -0.3 is 9.84 Å². The molecule has 3 nitrogen and oxygen atoms in total. The molecule has 0 spiro atoms. The van der Waals surface area contributed by atoms with E-state index in [1.807, 2.05) is 0 Å². The van der Waals surface area contributed by atoms with Crippen LogP contribution in [0.1, 0.15) is 13.3 Å². The highest BCUT2D eigenvalue weighted by Crippen LogP contribution is 1.92. The fourth-order valence-corrected chi connectivity index (χ4v) is 0.399. The number of ether oxygens (including phenoxy) is 1. The predicted octanol–water partition coefficient (Wildman–Crippen LogP) is 1.05. The Bertz CT molecular complexity index is 120. The fourth-order valence-electron chi connectivity index (χ4n) is 0.399. The quantitative estimate of drug-likeness (QED) is 0.463. The molecule has 0 aromatic heterocycles. The molecule has 1 atom stereocenters. The van der Waals surface area contributed by atoms with Crippen molar-refractivity contribution in [3.63, 3.8) is 0 Å². The van der Waals surface area contributed by atoms with Gasteiger partial charge >= 0.3 is 5.97 Å². The summed E-state index contributed by atoms with van der Waals surface area (Å²) in [5.41, 5.74) is 0. The van der Waals surface area contributed by atoms with Gasteiger partial charge in [-0.25, -0.2) is 4.79 Å². The molecule has 0 saturated carbocycles. The van der Waals surface area contributed by atoms with Gasteiger partial charge in [0, 0.05) is 0 Å². The molecule has 0 fully saturated rings. The van der Waals surface area contributed by atoms with E-state index in [1.54, 1.807) is 6.08 Å². The molecule has 0 aromatic carbocycles. The van der Waals surface area contributed by atoms with Crippen LogP contribution in [-0.4, -0.2) is 23.8 Å². The summed E-state index contributed by atoms with van der Waals surface area (Å²) >= 11 is 0. The second-order valence-corrected chi connectivity index (χ2v) is 1.93. The molecule has 0 amide bonds. The summed E-state index contributed by atoms with van der Waals surface area (Å²) in [5.74, 6) is -0.927. The van der Waals surface area contributed by atoms with Crippen molar-refractivity contribution in [2.45, 2.75) is 19.4 Å². The average Bonchev–Trinajstić information content (AvgIpc) is 1.88. The van der Waals surface area contributed by atoms with Crippen LogP contribution in [0.15, 0.2) is 12.7 Å². The third-order valence-electron chi connectivity index (χ3n) is 1.04. The largest absolute Gasteiger partial charge is 0.479 e. The molecule has 1 N–H and O–H groups in total. The summed E-state index contributed by atoms with van der Waals surface area (Å²) in [6.07, 6.45) is 1.67. The summed E-state index contributed by atoms with van der Waals surface area (Å²) in [6, 6.07) is 0. The van der Waals surface area contributed by atoms with E-state index in [-0.39, 0.29) is 0 Å². The maximum absolute atomic E-state index is 10.1. The first-order valence-corrected chi connectivity index (χ1v) is 3.13. The number of carboxylic acids is 1. The molecular formula is C7H12O3. The molecule has 0 aliphatic rings. The molecule has 3 heteroatoms. The van der Waals surface area contributed by atoms with E-state index in [0.717, 1.165) is 0 Å². The Morgan fingerprint density at radius 2 is 2.50 bits per heavy atom. The Labute approximate surface area is 60.3 Å². The minimum Gasteiger partial charge on any atom is -0.479 e. The Kier molecular flexibility index (Phi) is 4.58. The van der Waals surface area contributed by atoms with Crippen LogP contribution in [0.4, 0.5) is 0 Å².